The Morgan fingerprint density at radius 1 is 1.02 bits per heavy atom. The van der Waals surface area contributed by atoms with Gasteiger partial charge in [0, 0.05) is 42.5 Å². The van der Waals surface area contributed by atoms with E-state index in [-0.39, 0.29) is 23.7 Å². The van der Waals surface area contributed by atoms with Gasteiger partial charge in [0.2, 0.25) is 5.91 Å². The molecule has 11 heteroatoms. The fourth-order valence-electron chi connectivity index (χ4n) is 5.50. The number of fused-ring (bicyclic) bond motifs is 1. The number of aromatic nitrogens is 4. The standard InChI is InChI=1S/C30H30ClN7O3/c31-21-3-1-2-19(10-21)23-12-24(23)29(39)36-27-13-26(33-17-34-27)32-14-22-16-38-15-20(18-4-5-18)11-25(28(38)35-22)30(40)37-6-8-41-9-7-37/h1-3,10-11,13,15-18,23-24H,4-9,12,14H2,(H2,32,33,34,36,39)/t23-,24+/m1/s1. The second kappa shape index (κ2) is 10.8. The van der Waals surface area contributed by atoms with E-state index in [1.165, 1.54) is 11.9 Å². The van der Waals surface area contributed by atoms with Gasteiger partial charge in [0.25, 0.3) is 5.91 Å². The Morgan fingerprint density at radius 3 is 2.66 bits per heavy atom. The van der Waals surface area contributed by atoms with Crippen molar-refractivity contribution >= 4 is 40.7 Å². The quantitative estimate of drug-likeness (QED) is 0.320. The lowest BCUT2D eigenvalue weighted by molar-refractivity contribution is -0.117. The largest absolute Gasteiger partial charge is 0.378 e. The first-order chi connectivity index (χ1) is 20.0. The molecule has 4 heterocycles. The molecule has 3 fully saturated rings. The van der Waals surface area contributed by atoms with Gasteiger partial charge in [-0.1, -0.05) is 23.7 Å². The van der Waals surface area contributed by atoms with Crippen molar-refractivity contribution in [1.29, 1.82) is 0 Å². The van der Waals surface area contributed by atoms with Crippen LogP contribution < -0.4 is 10.6 Å². The molecule has 2 amide bonds. The minimum Gasteiger partial charge on any atom is -0.378 e. The van der Waals surface area contributed by atoms with E-state index < -0.39 is 0 Å². The highest BCUT2D eigenvalue weighted by Crippen LogP contribution is 2.48. The van der Waals surface area contributed by atoms with Gasteiger partial charge >= 0.3 is 0 Å². The zero-order valence-electron chi connectivity index (χ0n) is 22.4. The van der Waals surface area contributed by atoms with Crippen molar-refractivity contribution in [2.75, 3.05) is 36.9 Å². The number of hydrogen-bond acceptors (Lipinski definition) is 7. The van der Waals surface area contributed by atoms with Gasteiger partial charge in [-0.15, -0.1) is 0 Å². The third-order valence-electron chi connectivity index (χ3n) is 7.97. The monoisotopic (exact) mass is 571 g/mol. The fraction of sp³-hybridized carbons (Fsp3) is 0.367. The van der Waals surface area contributed by atoms with Crippen LogP contribution >= 0.6 is 11.6 Å². The number of morpholine rings is 1. The van der Waals surface area contributed by atoms with Crippen LogP contribution in [0.25, 0.3) is 5.65 Å². The number of nitrogens with zero attached hydrogens (tertiary/aromatic N) is 5. The van der Waals surface area contributed by atoms with Crippen molar-refractivity contribution in [1.82, 2.24) is 24.3 Å². The average molecular weight is 572 g/mol. The Balaban J connectivity index is 1.03. The van der Waals surface area contributed by atoms with E-state index in [2.05, 4.69) is 26.8 Å². The van der Waals surface area contributed by atoms with E-state index in [0.29, 0.717) is 66.6 Å². The van der Waals surface area contributed by atoms with Crippen LogP contribution in [-0.4, -0.2) is 62.4 Å². The van der Waals surface area contributed by atoms with Crippen LogP contribution in [0, 0.1) is 5.92 Å². The maximum absolute atomic E-state index is 13.4. The van der Waals surface area contributed by atoms with Gasteiger partial charge in [-0.25, -0.2) is 15.0 Å². The van der Waals surface area contributed by atoms with Gasteiger partial charge in [-0.2, -0.15) is 0 Å². The third-order valence-corrected chi connectivity index (χ3v) is 8.21. The summed E-state index contributed by atoms with van der Waals surface area (Å²) in [5.41, 5.74) is 4.31. The summed E-state index contributed by atoms with van der Waals surface area (Å²) >= 11 is 6.11. The Bertz CT molecular complexity index is 1630. The summed E-state index contributed by atoms with van der Waals surface area (Å²) in [7, 11) is 0. The van der Waals surface area contributed by atoms with Crippen LogP contribution in [0.1, 0.15) is 58.3 Å². The molecule has 1 aliphatic heterocycles. The van der Waals surface area contributed by atoms with Crippen LogP contribution in [0.5, 0.6) is 0 Å². The number of imidazole rings is 1. The summed E-state index contributed by atoms with van der Waals surface area (Å²) in [6, 6.07) is 11.4. The number of nitrogens with one attached hydrogen (secondary N) is 2. The van der Waals surface area contributed by atoms with E-state index in [1.807, 2.05) is 45.8 Å². The van der Waals surface area contributed by atoms with Crippen molar-refractivity contribution in [3.8, 4) is 0 Å². The summed E-state index contributed by atoms with van der Waals surface area (Å²) in [5.74, 6) is 1.51. The van der Waals surface area contributed by atoms with Crippen molar-refractivity contribution in [3.63, 3.8) is 0 Å². The smallest absolute Gasteiger partial charge is 0.257 e. The second-order valence-electron chi connectivity index (χ2n) is 11.0. The molecule has 4 aromatic rings. The van der Waals surface area contributed by atoms with Crippen LogP contribution in [0.3, 0.4) is 0 Å². The van der Waals surface area contributed by atoms with E-state index in [1.54, 1.807) is 6.07 Å². The molecule has 0 bridgehead atoms. The van der Waals surface area contributed by atoms with Crippen molar-refractivity contribution < 1.29 is 14.3 Å². The van der Waals surface area contributed by atoms with Crippen LogP contribution in [0.2, 0.25) is 5.02 Å². The average Bonchev–Trinajstić information content (AvgIpc) is 3.92. The lowest BCUT2D eigenvalue weighted by Crippen LogP contribution is -2.40. The molecule has 1 aromatic carbocycles. The maximum atomic E-state index is 13.4. The summed E-state index contributed by atoms with van der Waals surface area (Å²) in [6.07, 6.45) is 8.55. The molecule has 1 saturated heterocycles. The molecular weight excluding hydrogens is 542 g/mol. The molecule has 0 unspecified atom stereocenters. The highest BCUT2D eigenvalue weighted by Gasteiger charge is 2.44. The minimum absolute atomic E-state index is 0.00430. The number of benzene rings is 1. The second-order valence-corrected chi connectivity index (χ2v) is 11.4. The molecule has 2 atom stereocenters. The van der Waals surface area contributed by atoms with E-state index in [0.717, 1.165) is 30.5 Å². The van der Waals surface area contributed by atoms with Gasteiger partial charge in [-0.3, -0.25) is 9.59 Å². The molecule has 7 rings (SSSR count). The minimum atomic E-state index is -0.104. The van der Waals surface area contributed by atoms with E-state index >= 15 is 0 Å². The summed E-state index contributed by atoms with van der Waals surface area (Å²) in [6.45, 7) is 2.68. The van der Waals surface area contributed by atoms with Crippen molar-refractivity contribution in [2.45, 2.75) is 37.6 Å². The number of carbonyl (C=O) groups excluding carboxylic acids is 2. The number of pyridine rings is 1. The number of anilines is 2. The molecule has 2 aliphatic carbocycles. The molecule has 0 radical (unpaired) electrons. The highest BCUT2D eigenvalue weighted by molar-refractivity contribution is 6.30. The number of carbonyl (C=O) groups is 2. The summed E-state index contributed by atoms with van der Waals surface area (Å²) in [5, 5.41) is 6.87. The predicted molar refractivity (Wildman–Crippen MR) is 154 cm³/mol. The van der Waals surface area contributed by atoms with Gasteiger partial charge in [-0.05, 0) is 60.4 Å². The first-order valence-corrected chi connectivity index (χ1v) is 14.4. The normalized spacial score (nSPS) is 20.2. The maximum Gasteiger partial charge on any atom is 0.257 e. The zero-order chi connectivity index (χ0) is 27.9. The SMILES string of the molecule is O=C(Nc1cc(NCc2cn3cc(C4CC4)cc(C(=O)N4CCOCC4)c3n2)ncn1)[C@H]1C[C@@H]1c1cccc(Cl)c1. The molecule has 2 saturated carbocycles. The lowest BCUT2D eigenvalue weighted by atomic mass is 10.1. The molecule has 2 N–H and O–H groups in total. The van der Waals surface area contributed by atoms with Crippen molar-refractivity contribution in [2.24, 2.45) is 5.92 Å². The Labute approximate surface area is 242 Å². The van der Waals surface area contributed by atoms with Crippen LogP contribution in [0.4, 0.5) is 11.6 Å². The molecule has 10 nitrogen and oxygen atoms in total. The Kier molecular flexibility index (Phi) is 6.80. The number of ether oxygens (including phenoxy) is 1. The van der Waals surface area contributed by atoms with Gasteiger partial charge in [0.15, 0.2) is 0 Å². The summed E-state index contributed by atoms with van der Waals surface area (Å²) < 4.78 is 7.40. The summed E-state index contributed by atoms with van der Waals surface area (Å²) in [4.78, 5) is 41.5. The van der Waals surface area contributed by atoms with E-state index in [9.17, 15) is 9.59 Å². The fourth-order valence-corrected chi connectivity index (χ4v) is 5.70. The lowest BCUT2D eigenvalue weighted by Gasteiger charge is -2.27. The van der Waals surface area contributed by atoms with E-state index in [4.69, 9.17) is 21.3 Å². The molecule has 210 valence electrons. The number of rotatable bonds is 8. The highest BCUT2D eigenvalue weighted by atomic mass is 35.5. The predicted octanol–water partition coefficient (Wildman–Crippen LogP) is 4.48. The topological polar surface area (TPSA) is 114 Å². The number of halogens is 1. The zero-order valence-corrected chi connectivity index (χ0v) is 23.2. The Morgan fingerprint density at radius 2 is 1.85 bits per heavy atom. The van der Waals surface area contributed by atoms with Gasteiger partial charge < -0.3 is 24.7 Å². The first kappa shape index (κ1) is 25.9. The number of amides is 2. The van der Waals surface area contributed by atoms with Gasteiger partial charge in [0.1, 0.15) is 23.6 Å². The third kappa shape index (κ3) is 5.62. The molecule has 3 aliphatic rings. The number of hydrogen-bond donors (Lipinski definition) is 2. The molecule has 3 aromatic heterocycles. The van der Waals surface area contributed by atoms with Gasteiger partial charge in [0.05, 0.1) is 31.0 Å². The Hall–Kier alpha value is -4.02. The van der Waals surface area contributed by atoms with Crippen molar-refractivity contribution in [3.05, 3.63) is 82.5 Å². The van der Waals surface area contributed by atoms with Crippen LogP contribution in [-0.2, 0) is 16.1 Å². The molecule has 41 heavy (non-hydrogen) atoms. The first-order valence-electron chi connectivity index (χ1n) is 14.0. The molecule has 0 spiro atoms. The van der Waals surface area contributed by atoms with Crippen LogP contribution in [0.15, 0.2) is 55.1 Å². The molecular formula is C30H30ClN7O3.